The smallest absolute Gasteiger partial charge is 0.430 e. The second-order valence-corrected chi connectivity index (χ2v) is 8.90. The number of aromatic nitrogens is 1. The zero-order valence-corrected chi connectivity index (χ0v) is 20.0. The first-order chi connectivity index (χ1) is 17.2. The number of esters is 1. The van der Waals surface area contributed by atoms with Crippen molar-refractivity contribution >= 4 is 23.3 Å². The largest absolute Gasteiger partial charge is 0.463 e. The fourth-order valence-corrected chi connectivity index (χ4v) is 4.49. The molecule has 13 heteroatoms. The van der Waals surface area contributed by atoms with Gasteiger partial charge in [-0.05, 0) is 37.1 Å². The first-order valence-electron chi connectivity index (χ1n) is 10.8. The van der Waals surface area contributed by atoms with Gasteiger partial charge >= 0.3 is 18.3 Å². The summed E-state index contributed by atoms with van der Waals surface area (Å²) in [5.74, 6) is -1.02. The third-order valence-corrected chi connectivity index (χ3v) is 6.50. The number of halogens is 7. The van der Waals surface area contributed by atoms with Gasteiger partial charge in [0.05, 0.1) is 24.2 Å². The zero-order chi connectivity index (χ0) is 27.3. The summed E-state index contributed by atoms with van der Waals surface area (Å²) in [6, 6.07) is 8.55. The molecule has 2 aromatic carbocycles. The number of ether oxygens (including phenoxy) is 1. The molecule has 2 heterocycles. The predicted molar refractivity (Wildman–Crippen MR) is 120 cm³/mol. The van der Waals surface area contributed by atoms with Gasteiger partial charge in [-0.15, -0.1) is 0 Å². The van der Waals surface area contributed by atoms with Gasteiger partial charge in [0, 0.05) is 17.3 Å². The van der Waals surface area contributed by atoms with E-state index in [0.29, 0.717) is 28.4 Å². The molecule has 0 spiro atoms. The lowest BCUT2D eigenvalue weighted by Gasteiger charge is -2.33. The number of hydrogen-bond acceptors (Lipinski definition) is 6. The van der Waals surface area contributed by atoms with E-state index in [4.69, 9.17) is 20.8 Å². The minimum absolute atomic E-state index is 0.0313. The van der Waals surface area contributed by atoms with Crippen molar-refractivity contribution in [3.05, 3.63) is 70.1 Å². The lowest BCUT2D eigenvalue weighted by Crippen LogP contribution is -2.53. The highest BCUT2D eigenvalue weighted by molar-refractivity contribution is 6.33. The molecule has 0 radical (unpaired) electrons. The van der Waals surface area contributed by atoms with Crippen molar-refractivity contribution in [2.75, 3.05) is 12.0 Å². The average Bonchev–Trinajstić information content (AvgIpc) is 3.37. The van der Waals surface area contributed by atoms with E-state index in [1.807, 2.05) is 0 Å². The molecule has 198 valence electrons. The van der Waals surface area contributed by atoms with Crippen molar-refractivity contribution in [3.8, 4) is 11.5 Å². The van der Waals surface area contributed by atoms with Crippen LogP contribution in [0.3, 0.4) is 0 Å². The van der Waals surface area contributed by atoms with Crippen molar-refractivity contribution < 1.29 is 45.4 Å². The molecule has 1 aromatic heterocycles. The Bertz CT molecular complexity index is 1320. The number of carbonyl (C=O) groups excluding carboxylic acids is 1. The molecule has 0 aliphatic carbocycles. The van der Waals surface area contributed by atoms with E-state index in [1.54, 1.807) is 36.1 Å². The Morgan fingerprint density at radius 3 is 2.41 bits per heavy atom. The Hall–Kier alpha value is -3.25. The Labute approximate surface area is 211 Å². The van der Waals surface area contributed by atoms with E-state index < -0.39 is 35.5 Å². The maximum absolute atomic E-state index is 13.4. The van der Waals surface area contributed by atoms with Crippen LogP contribution in [-0.4, -0.2) is 41.6 Å². The van der Waals surface area contributed by atoms with E-state index >= 15 is 0 Å². The Kier molecular flexibility index (Phi) is 6.70. The third-order valence-electron chi connectivity index (χ3n) is 6.17. The number of alkyl halides is 6. The van der Waals surface area contributed by atoms with Crippen molar-refractivity contribution in [1.82, 2.24) is 4.98 Å². The average molecular weight is 549 g/mol. The standard InChI is InChI=1S/C24H19ClF6N2O4/c1-12-9-13-10-14(22(35,23(26,27)28)24(29,30)31)7-8-18(13)33(12)11-17-19(21(34)36-2)37-20(32-17)15-5-3-4-6-16(15)25/h3-8,10,12,35H,9,11H2,1-2H3. The number of benzene rings is 2. The Balaban J connectivity index is 1.73. The number of methoxy groups -OCH3 is 1. The van der Waals surface area contributed by atoms with Gasteiger partial charge < -0.3 is 19.2 Å². The number of fused-ring (bicyclic) bond motifs is 1. The highest BCUT2D eigenvalue weighted by Crippen LogP contribution is 2.51. The summed E-state index contributed by atoms with van der Waals surface area (Å²) >= 11 is 6.20. The third kappa shape index (κ3) is 4.52. The maximum Gasteiger partial charge on any atom is 0.430 e. The molecule has 1 aliphatic rings. The maximum atomic E-state index is 13.4. The Morgan fingerprint density at radius 1 is 1.16 bits per heavy atom. The minimum Gasteiger partial charge on any atom is -0.463 e. The lowest BCUT2D eigenvalue weighted by atomic mass is 9.90. The van der Waals surface area contributed by atoms with E-state index in [-0.39, 0.29) is 35.9 Å². The van der Waals surface area contributed by atoms with Crippen molar-refractivity contribution in [2.24, 2.45) is 0 Å². The molecule has 0 saturated carbocycles. The monoisotopic (exact) mass is 548 g/mol. The predicted octanol–water partition coefficient (Wildman–Crippen LogP) is 6.05. The van der Waals surface area contributed by atoms with Gasteiger partial charge in [0.25, 0.3) is 5.60 Å². The number of aliphatic hydroxyl groups is 1. The molecule has 37 heavy (non-hydrogen) atoms. The molecule has 0 bridgehead atoms. The van der Waals surface area contributed by atoms with Gasteiger partial charge in [0.2, 0.25) is 11.7 Å². The summed E-state index contributed by atoms with van der Waals surface area (Å²) in [5.41, 5.74) is -5.35. The fourth-order valence-electron chi connectivity index (χ4n) is 4.27. The van der Waals surface area contributed by atoms with Gasteiger partial charge in [-0.25, -0.2) is 9.78 Å². The van der Waals surface area contributed by atoms with Crippen LogP contribution < -0.4 is 4.90 Å². The van der Waals surface area contributed by atoms with Gasteiger partial charge in [0.1, 0.15) is 5.69 Å². The molecular formula is C24H19ClF6N2O4. The van der Waals surface area contributed by atoms with E-state index in [2.05, 4.69) is 4.98 Å². The molecule has 0 fully saturated rings. The van der Waals surface area contributed by atoms with E-state index in [1.165, 1.54) is 0 Å². The summed E-state index contributed by atoms with van der Waals surface area (Å²) < 4.78 is 90.5. The number of anilines is 1. The van der Waals surface area contributed by atoms with Crippen LogP contribution in [0.5, 0.6) is 0 Å². The quantitative estimate of drug-likeness (QED) is 0.309. The summed E-state index contributed by atoms with van der Waals surface area (Å²) in [6.45, 7) is 1.63. The van der Waals surface area contributed by atoms with Crippen LogP contribution >= 0.6 is 11.6 Å². The summed E-state index contributed by atoms with van der Waals surface area (Å²) in [7, 11) is 1.14. The van der Waals surface area contributed by atoms with Gasteiger partial charge in [-0.1, -0.05) is 35.9 Å². The number of oxazole rings is 1. The van der Waals surface area contributed by atoms with Crippen molar-refractivity contribution in [3.63, 3.8) is 0 Å². The van der Waals surface area contributed by atoms with Crippen LogP contribution in [0.15, 0.2) is 46.9 Å². The summed E-state index contributed by atoms with van der Waals surface area (Å²) in [4.78, 5) is 18.4. The van der Waals surface area contributed by atoms with Crippen LogP contribution in [0.25, 0.3) is 11.5 Å². The van der Waals surface area contributed by atoms with Crippen LogP contribution in [-0.2, 0) is 23.3 Å². The second-order valence-electron chi connectivity index (χ2n) is 8.50. The Morgan fingerprint density at radius 2 is 1.81 bits per heavy atom. The SMILES string of the molecule is COC(=O)c1oc(-c2ccccc2Cl)nc1CN1c2ccc(C(O)(C(F)(F)F)C(F)(F)F)cc2CC1C. The zero-order valence-electron chi connectivity index (χ0n) is 19.2. The molecule has 1 atom stereocenters. The normalized spacial score (nSPS) is 16.2. The molecule has 1 unspecified atom stereocenters. The number of nitrogens with zero attached hydrogens (tertiary/aromatic N) is 2. The highest BCUT2D eigenvalue weighted by Gasteiger charge is 2.71. The number of carbonyl (C=O) groups is 1. The van der Waals surface area contributed by atoms with Crippen LogP contribution in [0.2, 0.25) is 5.02 Å². The first-order valence-corrected chi connectivity index (χ1v) is 11.2. The molecule has 3 aromatic rings. The first kappa shape index (κ1) is 26.8. The van der Waals surface area contributed by atoms with Gasteiger partial charge in [0.15, 0.2) is 0 Å². The molecular weight excluding hydrogens is 530 g/mol. The molecule has 0 saturated heterocycles. The molecule has 6 nitrogen and oxygen atoms in total. The fraction of sp³-hybridized carbons (Fsp3) is 0.333. The molecule has 1 N–H and O–H groups in total. The van der Waals surface area contributed by atoms with Crippen LogP contribution in [0.4, 0.5) is 32.0 Å². The minimum atomic E-state index is -5.99. The van der Waals surface area contributed by atoms with Gasteiger partial charge in [-0.3, -0.25) is 0 Å². The molecule has 1 aliphatic heterocycles. The number of rotatable bonds is 5. The number of hydrogen-bond donors (Lipinski definition) is 1. The lowest BCUT2D eigenvalue weighted by molar-refractivity contribution is -0.376. The second kappa shape index (κ2) is 9.25. The van der Waals surface area contributed by atoms with Crippen LogP contribution in [0, 0.1) is 0 Å². The molecule has 4 rings (SSSR count). The van der Waals surface area contributed by atoms with E-state index in [0.717, 1.165) is 13.2 Å². The highest BCUT2D eigenvalue weighted by atomic mass is 35.5. The van der Waals surface area contributed by atoms with Crippen LogP contribution in [0.1, 0.15) is 34.3 Å². The van der Waals surface area contributed by atoms with E-state index in [9.17, 15) is 36.2 Å². The summed E-state index contributed by atoms with van der Waals surface area (Å²) in [6.07, 6.45) is -11.9. The summed E-state index contributed by atoms with van der Waals surface area (Å²) in [5, 5.41) is 10.1. The van der Waals surface area contributed by atoms with Gasteiger partial charge in [-0.2, -0.15) is 26.3 Å². The van der Waals surface area contributed by atoms with Crippen molar-refractivity contribution in [1.29, 1.82) is 0 Å². The molecule has 0 amide bonds. The van der Waals surface area contributed by atoms with Crippen molar-refractivity contribution in [2.45, 2.75) is 43.9 Å². The topological polar surface area (TPSA) is 75.8 Å².